The summed E-state index contributed by atoms with van der Waals surface area (Å²) < 4.78 is 26.6. The third kappa shape index (κ3) is 6.35. The van der Waals surface area contributed by atoms with Gasteiger partial charge in [-0.15, -0.1) is 0 Å². The van der Waals surface area contributed by atoms with E-state index in [-0.39, 0.29) is 5.69 Å². The van der Waals surface area contributed by atoms with E-state index in [0.29, 0.717) is 11.0 Å². The maximum atomic E-state index is 13.7. The zero-order chi connectivity index (χ0) is 16.0. The Kier molecular flexibility index (Phi) is 6.98. The summed E-state index contributed by atoms with van der Waals surface area (Å²) in [6.45, 7) is 6.58. The number of anilines is 1. The van der Waals surface area contributed by atoms with E-state index in [1.54, 1.807) is 0 Å². The molecule has 1 aromatic rings. The number of nitrogens with zero attached hydrogens (tertiary/aromatic N) is 2. The Bertz CT molecular complexity index is 478. The summed E-state index contributed by atoms with van der Waals surface area (Å²) in [5.41, 5.74) is 0.194. The highest BCUT2D eigenvalue weighted by molar-refractivity contribution is 7.80. The van der Waals surface area contributed by atoms with Crippen LogP contribution in [-0.2, 0) is 0 Å². The van der Waals surface area contributed by atoms with Crippen LogP contribution in [0.2, 0.25) is 0 Å². The molecule has 0 aliphatic carbocycles. The summed E-state index contributed by atoms with van der Waals surface area (Å²) in [6.07, 6.45) is 0. The zero-order valence-corrected chi connectivity index (χ0v) is 13.8. The standard InChI is InChI=1S/C15H23F2N3S/c1-11(2)10-20(8-7-19(3)4)15(21)18-14-6-5-12(16)9-13(14)17/h5-6,9,11H,7-8,10H2,1-4H3,(H,18,21). The van der Waals surface area contributed by atoms with E-state index in [2.05, 4.69) is 24.1 Å². The highest BCUT2D eigenvalue weighted by Crippen LogP contribution is 2.16. The van der Waals surface area contributed by atoms with Gasteiger partial charge in [-0.05, 0) is 44.4 Å². The van der Waals surface area contributed by atoms with Gasteiger partial charge >= 0.3 is 0 Å². The van der Waals surface area contributed by atoms with Gasteiger partial charge in [0.1, 0.15) is 11.6 Å². The van der Waals surface area contributed by atoms with Crippen LogP contribution in [-0.4, -0.2) is 48.6 Å². The van der Waals surface area contributed by atoms with Gasteiger partial charge in [0.15, 0.2) is 5.11 Å². The number of likely N-dealkylation sites (N-methyl/N-ethyl adjacent to an activating group) is 1. The molecule has 0 aliphatic rings. The van der Waals surface area contributed by atoms with Crippen molar-refractivity contribution >= 4 is 23.0 Å². The fraction of sp³-hybridized carbons (Fsp3) is 0.533. The predicted octanol–water partition coefficient (Wildman–Crippen LogP) is 3.18. The van der Waals surface area contributed by atoms with Gasteiger partial charge in [-0.1, -0.05) is 13.8 Å². The van der Waals surface area contributed by atoms with Crippen molar-refractivity contribution in [2.75, 3.05) is 39.0 Å². The lowest BCUT2D eigenvalue weighted by Gasteiger charge is -2.28. The first-order chi connectivity index (χ1) is 9.79. The molecule has 6 heteroatoms. The fourth-order valence-corrected chi connectivity index (χ4v) is 2.10. The lowest BCUT2D eigenvalue weighted by Crippen LogP contribution is -2.41. The van der Waals surface area contributed by atoms with Crippen LogP contribution in [0.25, 0.3) is 0 Å². The van der Waals surface area contributed by atoms with Crippen LogP contribution in [0.4, 0.5) is 14.5 Å². The average molecular weight is 315 g/mol. The molecule has 118 valence electrons. The summed E-state index contributed by atoms with van der Waals surface area (Å²) in [4.78, 5) is 4.07. The van der Waals surface area contributed by atoms with Crippen LogP contribution in [0.15, 0.2) is 18.2 Å². The third-order valence-electron chi connectivity index (χ3n) is 2.86. The number of benzene rings is 1. The molecule has 0 amide bonds. The first-order valence-corrected chi connectivity index (χ1v) is 7.36. The molecule has 0 aromatic heterocycles. The smallest absolute Gasteiger partial charge is 0.173 e. The van der Waals surface area contributed by atoms with Gasteiger partial charge in [-0.25, -0.2) is 8.78 Å². The number of hydrogen-bond acceptors (Lipinski definition) is 2. The molecule has 3 nitrogen and oxygen atoms in total. The topological polar surface area (TPSA) is 18.5 Å². The maximum absolute atomic E-state index is 13.7. The average Bonchev–Trinajstić information content (AvgIpc) is 2.37. The Morgan fingerprint density at radius 1 is 1.24 bits per heavy atom. The van der Waals surface area contributed by atoms with Crippen LogP contribution >= 0.6 is 12.2 Å². The van der Waals surface area contributed by atoms with E-state index in [0.717, 1.165) is 25.7 Å². The van der Waals surface area contributed by atoms with E-state index < -0.39 is 11.6 Å². The van der Waals surface area contributed by atoms with E-state index in [4.69, 9.17) is 12.2 Å². The summed E-state index contributed by atoms with van der Waals surface area (Å²) in [6, 6.07) is 3.41. The molecule has 0 atom stereocenters. The number of nitrogens with one attached hydrogen (secondary N) is 1. The van der Waals surface area contributed by atoms with Crippen molar-refractivity contribution in [1.29, 1.82) is 0 Å². The third-order valence-corrected chi connectivity index (χ3v) is 3.22. The Morgan fingerprint density at radius 3 is 2.43 bits per heavy atom. The van der Waals surface area contributed by atoms with Gasteiger partial charge in [-0.2, -0.15) is 0 Å². The number of halogens is 2. The second kappa shape index (κ2) is 8.24. The van der Waals surface area contributed by atoms with Crippen LogP contribution in [0.3, 0.4) is 0 Å². The molecule has 1 N–H and O–H groups in total. The lowest BCUT2D eigenvalue weighted by atomic mass is 10.2. The first-order valence-electron chi connectivity index (χ1n) is 6.95. The van der Waals surface area contributed by atoms with E-state index >= 15 is 0 Å². The summed E-state index contributed by atoms with van der Waals surface area (Å²) >= 11 is 5.36. The summed E-state index contributed by atoms with van der Waals surface area (Å²) in [5.74, 6) is -0.810. The molecule has 0 heterocycles. The van der Waals surface area contributed by atoms with Crippen molar-refractivity contribution < 1.29 is 8.78 Å². The number of rotatable bonds is 6. The Balaban J connectivity index is 2.74. The number of thiocarbonyl (C=S) groups is 1. The molecule has 21 heavy (non-hydrogen) atoms. The molecule has 0 spiro atoms. The van der Waals surface area contributed by atoms with E-state index in [1.807, 2.05) is 19.0 Å². The molecule has 0 fully saturated rings. The van der Waals surface area contributed by atoms with Gasteiger partial charge in [-0.3, -0.25) is 0 Å². The fourth-order valence-electron chi connectivity index (χ4n) is 1.82. The molecule has 1 aromatic carbocycles. The molecule has 0 saturated heterocycles. The minimum atomic E-state index is -0.644. The second-order valence-electron chi connectivity index (χ2n) is 5.70. The zero-order valence-electron chi connectivity index (χ0n) is 13.0. The first kappa shape index (κ1) is 17.8. The minimum absolute atomic E-state index is 0.194. The molecular weight excluding hydrogens is 292 g/mol. The minimum Gasteiger partial charge on any atom is -0.347 e. The molecule has 1 rings (SSSR count). The van der Waals surface area contributed by atoms with Crippen LogP contribution < -0.4 is 5.32 Å². The SMILES string of the molecule is CC(C)CN(CCN(C)C)C(=S)Nc1ccc(F)cc1F. The van der Waals surface area contributed by atoms with Gasteiger partial charge in [0, 0.05) is 25.7 Å². The van der Waals surface area contributed by atoms with Crippen molar-refractivity contribution in [3.05, 3.63) is 29.8 Å². The molecule has 0 aliphatic heterocycles. The summed E-state index contributed by atoms with van der Waals surface area (Å²) in [5, 5.41) is 3.32. The molecular formula is C15H23F2N3S. The van der Waals surface area contributed by atoms with Crippen molar-refractivity contribution in [1.82, 2.24) is 9.80 Å². The highest BCUT2D eigenvalue weighted by Gasteiger charge is 2.13. The van der Waals surface area contributed by atoms with Gasteiger partial charge < -0.3 is 15.1 Å². The maximum Gasteiger partial charge on any atom is 0.173 e. The molecule has 0 unspecified atom stereocenters. The van der Waals surface area contributed by atoms with Crippen molar-refractivity contribution in [2.45, 2.75) is 13.8 Å². The predicted molar refractivity (Wildman–Crippen MR) is 87.5 cm³/mol. The summed E-state index contributed by atoms with van der Waals surface area (Å²) in [7, 11) is 3.98. The van der Waals surface area contributed by atoms with Gasteiger partial charge in [0.2, 0.25) is 0 Å². The van der Waals surface area contributed by atoms with Gasteiger partial charge in [0.25, 0.3) is 0 Å². The number of hydrogen-bond donors (Lipinski definition) is 1. The monoisotopic (exact) mass is 315 g/mol. The van der Waals surface area contributed by atoms with Crippen molar-refractivity contribution in [2.24, 2.45) is 5.92 Å². The Morgan fingerprint density at radius 2 is 1.90 bits per heavy atom. The Hall–Kier alpha value is -1.27. The Labute approximate surface area is 130 Å². The van der Waals surface area contributed by atoms with E-state index in [9.17, 15) is 8.78 Å². The molecule has 0 radical (unpaired) electrons. The van der Waals surface area contributed by atoms with E-state index in [1.165, 1.54) is 12.1 Å². The van der Waals surface area contributed by atoms with Gasteiger partial charge in [0.05, 0.1) is 5.69 Å². The van der Waals surface area contributed by atoms with Crippen LogP contribution in [0.5, 0.6) is 0 Å². The second-order valence-corrected chi connectivity index (χ2v) is 6.08. The highest BCUT2D eigenvalue weighted by atomic mass is 32.1. The van der Waals surface area contributed by atoms with Crippen LogP contribution in [0, 0.1) is 17.6 Å². The van der Waals surface area contributed by atoms with Crippen LogP contribution in [0.1, 0.15) is 13.8 Å². The van der Waals surface area contributed by atoms with Crippen molar-refractivity contribution in [3.8, 4) is 0 Å². The lowest BCUT2D eigenvalue weighted by molar-refractivity contribution is 0.310. The van der Waals surface area contributed by atoms with Crippen molar-refractivity contribution in [3.63, 3.8) is 0 Å². The largest absolute Gasteiger partial charge is 0.347 e. The molecule has 0 saturated carbocycles. The quantitative estimate of drug-likeness (QED) is 0.812. The molecule has 0 bridgehead atoms. The normalized spacial score (nSPS) is 11.0.